The lowest BCUT2D eigenvalue weighted by atomic mass is 10.2. The number of fused-ring (bicyclic) bond motifs is 1. The van der Waals surface area contributed by atoms with Gasteiger partial charge in [0.25, 0.3) is 0 Å². The van der Waals surface area contributed by atoms with Crippen LogP contribution >= 0.6 is 11.3 Å². The molecular formula is C17H18FN3OS. The largest absolute Gasteiger partial charge is 0.356 e. The molecular weight excluding hydrogens is 313 g/mol. The molecule has 0 aliphatic rings. The topological polar surface area (TPSA) is 46.4 Å². The van der Waals surface area contributed by atoms with Gasteiger partial charge >= 0.3 is 0 Å². The van der Waals surface area contributed by atoms with Crippen molar-refractivity contribution in [3.8, 4) is 11.3 Å². The van der Waals surface area contributed by atoms with Crippen molar-refractivity contribution in [2.24, 2.45) is 0 Å². The van der Waals surface area contributed by atoms with Crippen molar-refractivity contribution in [3.05, 3.63) is 47.4 Å². The molecule has 0 spiro atoms. The first kappa shape index (κ1) is 15.7. The summed E-state index contributed by atoms with van der Waals surface area (Å²) in [6, 6.07) is 6.26. The number of rotatable bonds is 6. The summed E-state index contributed by atoms with van der Waals surface area (Å²) in [5.41, 5.74) is 2.56. The van der Waals surface area contributed by atoms with Crippen LogP contribution in [0.2, 0.25) is 0 Å². The van der Waals surface area contributed by atoms with Gasteiger partial charge in [-0.15, -0.1) is 11.3 Å². The van der Waals surface area contributed by atoms with E-state index in [1.54, 1.807) is 12.1 Å². The zero-order valence-electron chi connectivity index (χ0n) is 12.9. The third-order valence-corrected chi connectivity index (χ3v) is 4.51. The van der Waals surface area contributed by atoms with E-state index in [1.807, 2.05) is 16.0 Å². The lowest BCUT2D eigenvalue weighted by molar-refractivity contribution is -0.120. The highest BCUT2D eigenvalue weighted by atomic mass is 32.1. The summed E-state index contributed by atoms with van der Waals surface area (Å²) >= 11 is 1.50. The Morgan fingerprint density at radius 2 is 2.13 bits per heavy atom. The van der Waals surface area contributed by atoms with E-state index in [0.29, 0.717) is 13.0 Å². The number of benzene rings is 1. The van der Waals surface area contributed by atoms with Crippen LogP contribution in [-0.2, 0) is 11.2 Å². The second-order valence-electron chi connectivity index (χ2n) is 5.39. The van der Waals surface area contributed by atoms with Crippen molar-refractivity contribution in [1.82, 2.24) is 14.7 Å². The van der Waals surface area contributed by atoms with Crippen LogP contribution in [0.15, 0.2) is 35.8 Å². The number of unbranched alkanes of at least 4 members (excludes halogenated alkanes) is 1. The quantitative estimate of drug-likeness (QED) is 0.701. The van der Waals surface area contributed by atoms with Crippen LogP contribution < -0.4 is 5.32 Å². The Hall–Kier alpha value is -2.21. The molecule has 1 aromatic carbocycles. The van der Waals surface area contributed by atoms with Gasteiger partial charge in [-0.05, 0) is 30.7 Å². The van der Waals surface area contributed by atoms with Crippen LogP contribution in [0, 0.1) is 5.82 Å². The second kappa shape index (κ2) is 6.91. The van der Waals surface area contributed by atoms with E-state index in [1.165, 1.54) is 23.5 Å². The standard InChI is InChI=1S/C17H18FN3OS/c1-2-3-8-19-16(22)9-14-11-23-17-20-15(10-21(14)17)12-4-6-13(18)7-5-12/h4-7,10-11H,2-3,8-9H2,1H3,(H,19,22). The second-order valence-corrected chi connectivity index (χ2v) is 6.23. The number of hydrogen-bond acceptors (Lipinski definition) is 3. The lowest BCUT2D eigenvalue weighted by Crippen LogP contribution is -2.26. The summed E-state index contributed by atoms with van der Waals surface area (Å²) in [5, 5.41) is 4.88. The molecule has 1 N–H and O–H groups in total. The molecule has 2 heterocycles. The minimum absolute atomic E-state index is 0.0233. The van der Waals surface area contributed by atoms with Gasteiger partial charge in [0, 0.05) is 29.4 Å². The number of nitrogens with zero attached hydrogens (tertiary/aromatic N) is 2. The van der Waals surface area contributed by atoms with Gasteiger partial charge < -0.3 is 5.32 Å². The molecule has 120 valence electrons. The van der Waals surface area contributed by atoms with Crippen LogP contribution in [-0.4, -0.2) is 21.8 Å². The Morgan fingerprint density at radius 3 is 2.87 bits per heavy atom. The van der Waals surface area contributed by atoms with Crippen molar-refractivity contribution >= 4 is 22.2 Å². The van der Waals surface area contributed by atoms with E-state index in [2.05, 4.69) is 17.2 Å². The van der Waals surface area contributed by atoms with Gasteiger partial charge in [0.2, 0.25) is 5.91 Å². The summed E-state index contributed by atoms with van der Waals surface area (Å²) in [5.74, 6) is -0.241. The van der Waals surface area contributed by atoms with Gasteiger partial charge in [-0.25, -0.2) is 9.37 Å². The maximum atomic E-state index is 13.0. The molecule has 1 amide bonds. The fraction of sp³-hybridized carbons (Fsp3) is 0.294. The molecule has 0 fully saturated rings. The summed E-state index contributed by atoms with van der Waals surface area (Å²) in [4.78, 5) is 17.3. The predicted octanol–water partition coefficient (Wildman–Crippen LogP) is 3.66. The summed E-state index contributed by atoms with van der Waals surface area (Å²) in [6.07, 6.45) is 4.28. The minimum atomic E-state index is -0.265. The Kier molecular flexibility index (Phi) is 4.71. The molecule has 3 aromatic rings. The number of halogens is 1. The molecule has 2 aromatic heterocycles. The molecule has 23 heavy (non-hydrogen) atoms. The monoisotopic (exact) mass is 331 g/mol. The van der Waals surface area contributed by atoms with Crippen molar-refractivity contribution in [2.75, 3.05) is 6.54 Å². The first-order valence-electron chi connectivity index (χ1n) is 7.65. The van der Waals surface area contributed by atoms with Crippen LogP contribution in [0.25, 0.3) is 16.2 Å². The highest BCUT2D eigenvalue weighted by Gasteiger charge is 2.12. The number of imidazole rings is 1. The Balaban J connectivity index is 1.78. The number of aromatic nitrogens is 2. The molecule has 0 saturated heterocycles. The maximum Gasteiger partial charge on any atom is 0.225 e. The first-order valence-corrected chi connectivity index (χ1v) is 8.53. The van der Waals surface area contributed by atoms with E-state index in [9.17, 15) is 9.18 Å². The SMILES string of the molecule is CCCCNC(=O)Cc1csc2nc(-c3ccc(F)cc3)cn12. The Morgan fingerprint density at radius 1 is 1.35 bits per heavy atom. The van der Waals surface area contributed by atoms with Gasteiger partial charge in [-0.3, -0.25) is 9.20 Å². The Labute approximate surface area is 138 Å². The molecule has 3 rings (SSSR count). The van der Waals surface area contributed by atoms with E-state index in [-0.39, 0.29) is 11.7 Å². The molecule has 0 bridgehead atoms. The smallest absolute Gasteiger partial charge is 0.225 e. The fourth-order valence-corrected chi connectivity index (χ4v) is 3.22. The van der Waals surface area contributed by atoms with Gasteiger partial charge in [-0.2, -0.15) is 0 Å². The molecule has 0 saturated carbocycles. The first-order chi connectivity index (χ1) is 11.2. The van der Waals surface area contributed by atoms with E-state index < -0.39 is 0 Å². The normalized spacial score (nSPS) is 11.0. The van der Waals surface area contributed by atoms with Crippen LogP contribution in [0.5, 0.6) is 0 Å². The third kappa shape index (κ3) is 3.59. The van der Waals surface area contributed by atoms with Crippen molar-refractivity contribution in [2.45, 2.75) is 26.2 Å². The minimum Gasteiger partial charge on any atom is -0.356 e. The number of thiazole rings is 1. The van der Waals surface area contributed by atoms with Gasteiger partial charge in [-0.1, -0.05) is 13.3 Å². The summed E-state index contributed by atoms with van der Waals surface area (Å²) in [6.45, 7) is 2.81. The highest BCUT2D eigenvalue weighted by Crippen LogP contribution is 2.24. The number of nitrogens with one attached hydrogen (secondary N) is 1. The highest BCUT2D eigenvalue weighted by molar-refractivity contribution is 7.15. The van der Waals surface area contributed by atoms with Crippen molar-refractivity contribution in [1.29, 1.82) is 0 Å². The van der Waals surface area contributed by atoms with Crippen molar-refractivity contribution < 1.29 is 9.18 Å². The van der Waals surface area contributed by atoms with Crippen LogP contribution in [0.1, 0.15) is 25.5 Å². The van der Waals surface area contributed by atoms with Gasteiger partial charge in [0.15, 0.2) is 4.96 Å². The summed E-state index contributed by atoms with van der Waals surface area (Å²) < 4.78 is 14.9. The molecule has 4 nitrogen and oxygen atoms in total. The molecule has 6 heteroatoms. The fourth-order valence-electron chi connectivity index (χ4n) is 2.35. The number of amides is 1. The van der Waals surface area contributed by atoms with E-state index in [4.69, 9.17) is 0 Å². The molecule has 0 aliphatic carbocycles. The van der Waals surface area contributed by atoms with Gasteiger partial charge in [0.05, 0.1) is 12.1 Å². The third-order valence-electron chi connectivity index (χ3n) is 3.62. The van der Waals surface area contributed by atoms with Crippen LogP contribution in [0.4, 0.5) is 4.39 Å². The Bertz CT molecular complexity index is 807. The van der Waals surface area contributed by atoms with E-state index in [0.717, 1.165) is 34.8 Å². The molecule has 0 radical (unpaired) electrons. The van der Waals surface area contributed by atoms with Crippen LogP contribution in [0.3, 0.4) is 0 Å². The zero-order chi connectivity index (χ0) is 16.2. The zero-order valence-corrected chi connectivity index (χ0v) is 13.7. The molecule has 0 unspecified atom stereocenters. The number of carbonyl (C=O) groups excluding carboxylic acids is 1. The predicted molar refractivity (Wildman–Crippen MR) is 90.1 cm³/mol. The number of hydrogen-bond donors (Lipinski definition) is 1. The average Bonchev–Trinajstić information content (AvgIpc) is 3.10. The van der Waals surface area contributed by atoms with Crippen molar-refractivity contribution in [3.63, 3.8) is 0 Å². The van der Waals surface area contributed by atoms with Gasteiger partial charge in [0.1, 0.15) is 5.82 Å². The average molecular weight is 331 g/mol. The maximum absolute atomic E-state index is 13.0. The molecule has 0 aliphatic heterocycles. The van der Waals surface area contributed by atoms with E-state index >= 15 is 0 Å². The summed E-state index contributed by atoms with van der Waals surface area (Å²) in [7, 11) is 0. The number of carbonyl (C=O) groups is 1. The molecule has 0 atom stereocenters. The lowest BCUT2D eigenvalue weighted by Gasteiger charge is -2.03.